The van der Waals surface area contributed by atoms with Crippen LogP contribution in [0.2, 0.25) is 0 Å². The number of rotatable bonds is 6. The van der Waals surface area contributed by atoms with Crippen molar-refractivity contribution in [3.8, 4) is 11.8 Å². The summed E-state index contributed by atoms with van der Waals surface area (Å²) in [6.07, 6.45) is 1.30. The largest absolute Gasteiger partial charge is 0.488 e. The van der Waals surface area contributed by atoms with E-state index < -0.39 is 5.97 Å². The van der Waals surface area contributed by atoms with Gasteiger partial charge in [-0.3, -0.25) is 0 Å². The van der Waals surface area contributed by atoms with E-state index in [2.05, 4.69) is 15.9 Å². The van der Waals surface area contributed by atoms with Crippen molar-refractivity contribution in [2.75, 3.05) is 0 Å². The summed E-state index contributed by atoms with van der Waals surface area (Å²) < 4.78 is 11.9. The lowest BCUT2D eigenvalue weighted by Crippen LogP contribution is -2.13. The van der Waals surface area contributed by atoms with Gasteiger partial charge in [0.1, 0.15) is 24.0 Å². The maximum Gasteiger partial charge on any atom is 0.349 e. The van der Waals surface area contributed by atoms with Gasteiger partial charge in [0, 0.05) is 0 Å². The molecule has 0 saturated heterocycles. The van der Waals surface area contributed by atoms with Crippen molar-refractivity contribution < 1.29 is 14.3 Å². The van der Waals surface area contributed by atoms with Gasteiger partial charge in [0.2, 0.25) is 0 Å². The molecule has 140 valence electrons. The number of carbonyl (C=O) groups is 1. The highest BCUT2D eigenvalue weighted by atomic mass is 79.9. The van der Waals surface area contributed by atoms with Gasteiger partial charge in [-0.05, 0) is 78.5 Å². The van der Waals surface area contributed by atoms with Gasteiger partial charge in [-0.2, -0.15) is 5.26 Å². The van der Waals surface area contributed by atoms with E-state index in [0.717, 1.165) is 32.5 Å². The first-order chi connectivity index (χ1) is 12.8. The van der Waals surface area contributed by atoms with Crippen molar-refractivity contribution in [1.82, 2.24) is 0 Å². The Kier molecular flexibility index (Phi) is 7.20. The Bertz CT molecular complexity index is 910. The summed E-state index contributed by atoms with van der Waals surface area (Å²) in [4.78, 5) is 12.1. The molecule has 0 aliphatic carbocycles. The van der Waals surface area contributed by atoms with Crippen molar-refractivity contribution in [3.63, 3.8) is 0 Å². The minimum atomic E-state index is -0.612. The number of benzene rings is 2. The highest BCUT2D eigenvalue weighted by Crippen LogP contribution is 2.26. The lowest BCUT2D eigenvalue weighted by molar-refractivity contribution is -0.142. The van der Waals surface area contributed by atoms with Crippen molar-refractivity contribution in [2.24, 2.45) is 0 Å². The van der Waals surface area contributed by atoms with Crippen LogP contribution < -0.4 is 4.74 Å². The number of ether oxygens (including phenoxy) is 2. The van der Waals surface area contributed by atoms with Crippen molar-refractivity contribution in [1.29, 1.82) is 5.26 Å². The second-order valence-electron chi connectivity index (χ2n) is 6.48. The molecule has 0 heterocycles. The second-order valence-corrected chi connectivity index (χ2v) is 7.34. The minimum Gasteiger partial charge on any atom is -0.488 e. The van der Waals surface area contributed by atoms with Gasteiger partial charge in [0.05, 0.1) is 10.6 Å². The van der Waals surface area contributed by atoms with Crippen molar-refractivity contribution >= 4 is 28.0 Å². The molecule has 4 nitrogen and oxygen atoms in total. The second kappa shape index (κ2) is 9.38. The topological polar surface area (TPSA) is 59.3 Å². The molecule has 5 heteroatoms. The van der Waals surface area contributed by atoms with Gasteiger partial charge in [-0.25, -0.2) is 4.79 Å². The Hall–Kier alpha value is -2.58. The van der Waals surface area contributed by atoms with Crippen LogP contribution in [0, 0.1) is 25.2 Å². The SMILES string of the molecule is Cc1cc(C=C(C#N)C(=O)OC(C)C)c(C)c(COc2ccccc2Br)c1. The number of hydrogen-bond donors (Lipinski definition) is 0. The summed E-state index contributed by atoms with van der Waals surface area (Å²) >= 11 is 3.47. The van der Waals surface area contributed by atoms with Crippen molar-refractivity contribution in [2.45, 2.75) is 40.4 Å². The first-order valence-corrected chi connectivity index (χ1v) is 9.41. The zero-order valence-corrected chi connectivity index (χ0v) is 17.5. The molecule has 2 aromatic carbocycles. The third-order valence-corrected chi connectivity index (χ3v) is 4.56. The van der Waals surface area contributed by atoms with Crippen LogP contribution in [0.15, 0.2) is 46.4 Å². The molecule has 0 spiro atoms. The van der Waals surface area contributed by atoms with Crippen LogP contribution in [0.3, 0.4) is 0 Å². The smallest absolute Gasteiger partial charge is 0.349 e. The Labute approximate surface area is 168 Å². The fourth-order valence-corrected chi connectivity index (χ4v) is 2.95. The minimum absolute atomic E-state index is 0.0185. The molecule has 0 aromatic heterocycles. The Morgan fingerprint density at radius 3 is 2.59 bits per heavy atom. The van der Waals surface area contributed by atoms with Gasteiger partial charge in [-0.1, -0.05) is 29.8 Å². The fourth-order valence-electron chi connectivity index (χ4n) is 2.55. The molecule has 27 heavy (non-hydrogen) atoms. The van der Waals surface area contributed by atoms with E-state index in [1.807, 2.05) is 56.3 Å². The van der Waals surface area contributed by atoms with E-state index in [1.54, 1.807) is 19.9 Å². The van der Waals surface area contributed by atoms with Crippen LogP contribution in [0.4, 0.5) is 0 Å². The molecular formula is C22H22BrNO3. The molecule has 0 atom stereocenters. The first kappa shape index (κ1) is 20.7. The van der Waals surface area contributed by atoms with E-state index in [-0.39, 0.29) is 11.7 Å². The zero-order chi connectivity index (χ0) is 20.0. The van der Waals surface area contributed by atoms with Crippen LogP contribution in [-0.2, 0) is 16.1 Å². The highest BCUT2D eigenvalue weighted by Gasteiger charge is 2.14. The molecule has 0 saturated carbocycles. The number of para-hydroxylation sites is 1. The van der Waals surface area contributed by atoms with Gasteiger partial charge >= 0.3 is 5.97 Å². The predicted octanol–water partition coefficient (Wildman–Crippen LogP) is 5.50. The quantitative estimate of drug-likeness (QED) is 0.346. The monoisotopic (exact) mass is 427 g/mol. The molecule has 2 rings (SSSR count). The van der Waals surface area contributed by atoms with Gasteiger partial charge in [0.25, 0.3) is 0 Å². The van der Waals surface area contributed by atoms with E-state index in [0.29, 0.717) is 6.61 Å². The number of nitrogens with zero attached hydrogens (tertiary/aromatic N) is 1. The summed E-state index contributed by atoms with van der Waals surface area (Å²) in [5, 5.41) is 9.33. The van der Waals surface area contributed by atoms with Crippen LogP contribution in [0.25, 0.3) is 6.08 Å². The van der Waals surface area contributed by atoms with Crippen LogP contribution >= 0.6 is 15.9 Å². The lowest BCUT2D eigenvalue weighted by Gasteiger charge is -2.14. The number of halogens is 1. The van der Waals surface area contributed by atoms with Gasteiger partial charge in [0.15, 0.2) is 0 Å². The summed E-state index contributed by atoms with van der Waals surface area (Å²) in [6.45, 7) is 7.81. The normalized spacial score (nSPS) is 11.2. The standard InChI is InChI=1S/C22H22BrNO3/c1-14(2)27-22(25)18(12-24)11-17-9-15(3)10-19(16(17)4)13-26-21-8-6-5-7-20(21)23/h5-11,14H,13H2,1-4H3. The lowest BCUT2D eigenvalue weighted by atomic mass is 9.98. The average molecular weight is 428 g/mol. The Morgan fingerprint density at radius 2 is 1.96 bits per heavy atom. The molecule has 0 fully saturated rings. The van der Waals surface area contributed by atoms with E-state index in [4.69, 9.17) is 9.47 Å². The molecule has 0 aliphatic heterocycles. The number of hydrogen-bond acceptors (Lipinski definition) is 4. The summed E-state index contributed by atoms with van der Waals surface area (Å²) in [6, 6.07) is 13.6. The number of esters is 1. The molecule has 0 radical (unpaired) electrons. The summed E-state index contributed by atoms with van der Waals surface area (Å²) in [5.41, 5.74) is 3.75. The number of carbonyl (C=O) groups excluding carboxylic acids is 1. The molecule has 0 amide bonds. The maximum absolute atomic E-state index is 12.1. The summed E-state index contributed by atoms with van der Waals surface area (Å²) in [5.74, 6) is 0.146. The number of aryl methyl sites for hydroxylation is 1. The predicted molar refractivity (Wildman–Crippen MR) is 109 cm³/mol. The Balaban J connectivity index is 2.31. The fraction of sp³-hybridized carbons (Fsp3) is 0.273. The molecule has 0 aliphatic rings. The molecule has 0 bridgehead atoms. The molecule has 2 aromatic rings. The average Bonchev–Trinajstić information content (AvgIpc) is 2.61. The number of nitriles is 1. The van der Waals surface area contributed by atoms with E-state index in [9.17, 15) is 10.1 Å². The highest BCUT2D eigenvalue weighted by molar-refractivity contribution is 9.10. The third kappa shape index (κ3) is 5.70. The first-order valence-electron chi connectivity index (χ1n) is 8.62. The van der Waals surface area contributed by atoms with E-state index >= 15 is 0 Å². The van der Waals surface area contributed by atoms with Crippen LogP contribution in [-0.4, -0.2) is 12.1 Å². The molecule has 0 unspecified atom stereocenters. The molecular weight excluding hydrogens is 406 g/mol. The molecule has 0 N–H and O–H groups in total. The van der Waals surface area contributed by atoms with Crippen LogP contribution in [0.1, 0.15) is 36.1 Å². The van der Waals surface area contributed by atoms with E-state index in [1.165, 1.54) is 0 Å². The Morgan fingerprint density at radius 1 is 1.26 bits per heavy atom. The van der Waals surface area contributed by atoms with Gasteiger partial charge < -0.3 is 9.47 Å². The maximum atomic E-state index is 12.1. The summed E-state index contributed by atoms with van der Waals surface area (Å²) in [7, 11) is 0. The third-order valence-electron chi connectivity index (χ3n) is 3.90. The van der Waals surface area contributed by atoms with Crippen LogP contribution in [0.5, 0.6) is 5.75 Å². The van der Waals surface area contributed by atoms with Crippen molar-refractivity contribution in [3.05, 3.63) is 68.7 Å². The zero-order valence-electron chi connectivity index (χ0n) is 15.9. The van der Waals surface area contributed by atoms with Gasteiger partial charge in [-0.15, -0.1) is 0 Å².